The number of carbonyl (C=O) groups excluding carboxylic acids is 1. The third kappa shape index (κ3) is 4.44. The van der Waals surface area contributed by atoms with E-state index in [0.717, 1.165) is 5.56 Å². The Bertz CT molecular complexity index is 723. The molecule has 1 aromatic heterocycles. The summed E-state index contributed by atoms with van der Waals surface area (Å²) >= 11 is 0. The molecule has 3 rings (SSSR count). The van der Waals surface area contributed by atoms with Crippen molar-refractivity contribution in [2.24, 2.45) is 5.92 Å². The highest BCUT2D eigenvalue weighted by atomic mass is 16.5. The zero-order chi connectivity index (χ0) is 16.1. The largest absolute Gasteiger partial charge is 0.360 e. The summed E-state index contributed by atoms with van der Waals surface area (Å²) in [5.74, 6) is 7.72. The molecule has 1 amide bonds. The standard InChI is InChI=1S/C18H19N3O2/c1-13-12-16(21-23-13)20-18(22)17(15-7-3-2-4-8-15)19-11-5-6-14-9-10-14/h2-4,7-8,12,14,17,19H,9-11H2,1H3,(H,20,21,22). The van der Waals surface area contributed by atoms with E-state index in [4.69, 9.17) is 4.52 Å². The SMILES string of the molecule is Cc1cc(NC(=O)C(NCC#CC2CC2)c2ccccc2)no1. The van der Waals surface area contributed by atoms with Gasteiger partial charge in [-0.3, -0.25) is 10.1 Å². The number of hydrogen-bond acceptors (Lipinski definition) is 4. The molecule has 118 valence electrons. The van der Waals surface area contributed by atoms with Crippen LogP contribution < -0.4 is 10.6 Å². The molecule has 5 heteroatoms. The predicted octanol–water partition coefficient (Wildman–Crippen LogP) is 2.67. The van der Waals surface area contributed by atoms with Crippen LogP contribution >= 0.6 is 0 Å². The van der Waals surface area contributed by atoms with Gasteiger partial charge in [-0.25, -0.2) is 0 Å². The van der Waals surface area contributed by atoms with Gasteiger partial charge in [0.1, 0.15) is 11.8 Å². The summed E-state index contributed by atoms with van der Waals surface area (Å²) in [5.41, 5.74) is 0.887. The number of hydrogen-bond donors (Lipinski definition) is 2. The molecule has 5 nitrogen and oxygen atoms in total. The summed E-state index contributed by atoms with van der Waals surface area (Å²) in [6.07, 6.45) is 2.39. The monoisotopic (exact) mass is 309 g/mol. The van der Waals surface area contributed by atoms with Crippen molar-refractivity contribution in [2.75, 3.05) is 11.9 Å². The Morgan fingerprint density at radius 1 is 1.39 bits per heavy atom. The van der Waals surface area contributed by atoms with Crippen LogP contribution in [0.1, 0.15) is 30.2 Å². The molecule has 1 aliphatic carbocycles. The lowest BCUT2D eigenvalue weighted by Crippen LogP contribution is -2.33. The Morgan fingerprint density at radius 3 is 2.83 bits per heavy atom. The summed E-state index contributed by atoms with van der Waals surface area (Å²) < 4.78 is 4.98. The van der Waals surface area contributed by atoms with E-state index in [0.29, 0.717) is 24.0 Å². The molecule has 1 unspecified atom stereocenters. The van der Waals surface area contributed by atoms with Gasteiger partial charge >= 0.3 is 0 Å². The minimum Gasteiger partial charge on any atom is -0.360 e. The van der Waals surface area contributed by atoms with E-state index in [1.807, 2.05) is 30.3 Å². The summed E-state index contributed by atoms with van der Waals surface area (Å²) in [4.78, 5) is 12.6. The van der Waals surface area contributed by atoms with Crippen LogP contribution in [0.2, 0.25) is 0 Å². The third-order valence-electron chi connectivity index (χ3n) is 3.55. The second-order valence-corrected chi connectivity index (χ2v) is 5.63. The number of rotatable bonds is 5. The van der Waals surface area contributed by atoms with Crippen LogP contribution in [-0.2, 0) is 4.79 Å². The predicted molar refractivity (Wildman–Crippen MR) is 87.6 cm³/mol. The molecule has 0 spiro atoms. The van der Waals surface area contributed by atoms with Crippen molar-refractivity contribution >= 4 is 11.7 Å². The normalized spacial score (nSPS) is 14.7. The molecule has 23 heavy (non-hydrogen) atoms. The molecule has 1 aliphatic rings. The first kappa shape index (κ1) is 15.3. The fourth-order valence-electron chi connectivity index (χ4n) is 2.21. The van der Waals surface area contributed by atoms with E-state index in [9.17, 15) is 4.79 Å². The van der Waals surface area contributed by atoms with Gasteiger partial charge in [0.2, 0.25) is 5.91 Å². The molecule has 1 aromatic carbocycles. The molecular weight excluding hydrogens is 290 g/mol. The zero-order valence-corrected chi connectivity index (χ0v) is 13.0. The Hall–Kier alpha value is -2.58. The van der Waals surface area contributed by atoms with Crippen LogP contribution in [-0.4, -0.2) is 17.6 Å². The van der Waals surface area contributed by atoms with Gasteiger partial charge in [0.05, 0.1) is 6.54 Å². The smallest absolute Gasteiger partial charge is 0.247 e. The molecule has 1 heterocycles. The van der Waals surface area contributed by atoms with Crippen LogP contribution in [0.25, 0.3) is 0 Å². The zero-order valence-electron chi connectivity index (χ0n) is 13.0. The molecular formula is C18H19N3O2. The second-order valence-electron chi connectivity index (χ2n) is 5.63. The van der Waals surface area contributed by atoms with Crippen LogP contribution in [0.3, 0.4) is 0 Å². The fraction of sp³-hybridized carbons (Fsp3) is 0.333. The van der Waals surface area contributed by atoms with Crippen molar-refractivity contribution in [1.29, 1.82) is 0 Å². The van der Waals surface area contributed by atoms with Crippen molar-refractivity contribution in [3.05, 3.63) is 47.7 Å². The Kier molecular flexibility index (Phi) is 4.74. The van der Waals surface area contributed by atoms with Gasteiger partial charge in [0, 0.05) is 12.0 Å². The first-order valence-corrected chi connectivity index (χ1v) is 7.73. The van der Waals surface area contributed by atoms with E-state index in [1.54, 1.807) is 13.0 Å². The summed E-state index contributed by atoms with van der Waals surface area (Å²) in [6.45, 7) is 2.25. The number of aryl methyl sites for hydroxylation is 1. The molecule has 2 N–H and O–H groups in total. The van der Waals surface area contributed by atoms with E-state index in [2.05, 4.69) is 27.6 Å². The lowest BCUT2D eigenvalue weighted by atomic mass is 10.1. The van der Waals surface area contributed by atoms with Crippen molar-refractivity contribution in [1.82, 2.24) is 10.5 Å². The van der Waals surface area contributed by atoms with Gasteiger partial charge in [-0.1, -0.05) is 47.3 Å². The minimum atomic E-state index is -0.485. The molecule has 2 aromatic rings. The Labute approximate surface area is 135 Å². The van der Waals surface area contributed by atoms with Crippen molar-refractivity contribution < 1.29 is 9.32 Å². The maximum absolute atomic E-state index is 12.6. The fourth-order valence-corrected chi connectivity index (χ4v) is 2.21. The third-order valence-corrected chi connectivity index (χ3v) is 3.55. The second kappa shape index (κ2) is 7.12. The van der Waals surface area contributed by atoms with Crippen molar-refractivity contribution in [3.8, 4) is 11.8 Å². The van der Waals surface area contributed by atoms with Crippen LogP contribution in [0, 0.1) is 24.7 Å². The first-order chi connectivity index (χ1) is 11.2. The average molecular weight is 309 g/mol. The highest BCUT2D eigenvalue weighted by Crippen LogP contribution is 2.27. The van der Waals surface area contributed by atoms with Gasteiger partial charge in [-0.05, 0) is 25.3 Å². The summed E-state index contributed by atoms with van der Waals surface area (Å²) in [6, 6.07) is 10.8. The molecule has 0 bridgehead atoms. The Morgan fingerprint density at radius 2 is 2.17 bits per heavy atom. The number of carbonyl (C=O) groups is 1. The number of nitrogens with zero attached hydrogens (tertiary/aromatic N) is 1. The van der Waals surface area contributed by atoms with Crippen LogP contribution in [0.15, 0.2) is 40.9 Å². The van der Waals surface area contributed by atoms with Gasteiger partial charge in [0.15, 0.2) is 5.82 Å². The average Bonchev–Trinajstić information content (AvgIpc) is 3.29. The van der Waals surface area contributed by atoms with Crippen LogP contribution in [0.5, 0.6) is 0 Å². The number of anilines is 1. The number of amides is 1. The highest BCUT2D eigenvalue weighted by Gasteiger charge is 2.21. The molecule has 1 saturated carbocycles. The van der Waals surface area contributed by atoms with Crippen molar-refractivity contribution in [3.63, 3.8) is 0 Å². The Balaban J connectivity index is 1.68. The molecule has 0 radical (unpaired) electrons. The number of benzene rings is 1. The highest BCUT2D eigenvalue weighted by molar-refractivity contribution is 5.94. The first-order valence-electron chi connectivity index (χ1n) is 7.73. The maximum Gasteiger partial charge on any atom is 0.247 e. The lowest BCUT2D eigenvalue weighted by Gasteiger charge is -2.16. The summed E-state index contributed by atoms with van der Waals surface area (Å²) in [5, 5.41) is 9.77. The van der Waals surface area contributed by atoms with Gasteiger partial charge in [0.25, 0.3) is 0 Å². The summed E-state index contributed by atoms with van der Waals surface area (Å²) in [7, 11) is 0. The molecule has 0 aliphatic heterocycles. The van der Waals surface area contributed by atoms with E-state index in [-0.39, 0.29) is 5.91 Å². The molecule has 0 saturated heterocycles. The molecule has 1 fully saturated rings. The van der Waals surface area contributed by atoms with E-state index in [1.165, 1.54) is 12.8 Å². The lowest BCUT2D eigenvalue weighted by molar-refractivity contribution is -0.118. The van der Waals surface area contributed by atoms with Crippen molar-refractivity contribution in [2.45, 2.75) is 25.8 Å². The van der Waals surface area contributed by atoms with E-state index >= 15 is 0 Å². The minimum absolute atomic E-state index is 0.183. The number of aromatic nitrogens is 1. The van der Waals surface area contributed by atoms with Gasteiger partial charge in [-0.15, -0.1) is 0 Å². The maximum atomic E-state index is 12.6. The van der Waals surface area contributed by atoms with Gasteiger partial charge < -0.3 is 9.84 Å². The van der Waals surface area contributed by atoms with Crippen LogP contribution in [0.4, 0.5) is 5.82 Å². The van der Waals surface area contributed by atoms with Gasteiger partial charge in [-0.2, -0.15) is 0 Å². The number of nitrogens with one attached hydrogen (secondary N) is 2. The molecule has 1 atom stereocenters. The van der Waals surface area contributed by atoms with E-state index < -0.39 is 6.04 Å². The topological polar surface area (TPSA) is 67.2 Å². The quantitative estimate of drug-likeness (QED) is 0.833.